The SMILES string of the molecule is CC(COS(C)(=O)=O)[C@H](C)/C=C/[C@@H](C)[C@H]1CC[C@H]2[C@@H]3CC4(OCCO4)[C@]45C[C@H]4CC[C@]5(C)[C@H]3CC[C@]12C. The molecule has 0 amide bonds. The molecule has 5 aliphatic carbocycles. The second kappa shape index (κ2) is 8.78. The molecule has 1 saturated heterocycles. The van der Waals surface area contributed by atoms with Gasteiger partial charge in [0.15, 0.2) is 5.79 Å². The maximum atomic E-state index is 11.4. The van der Waals surface area contributed by atoms with E-state index in [4.69, 9.17) is 13.7 Å². The Morgan fingerprint density at radius 2 is 1.68 bits per heavy atom. The molecule has 11 atom stereocenters. The van der Waals surface area contributed by atoms with Gasteiger partial charge in [0, 0.05) is 11.8 Å². The minimum absolute atomic E-state index is 0.163. The second-order valence-corrected chi connectivity index (χ2v) is 16.3. The predicted octanol–water partition coefficient (Wildman–Crippen LogP) is 6.44. The van der Waals surface area contributed by atoms with Crippen molar-refractivity contribution >= 4 is 10.1 Å². The smallest absolute Gasteiger partial charge is 0.264 e. The molecule has 6 aliphatic rings. The summed E-state index contributed by atoms with van der Waals surface area (Å²) in [5, 5.41) is 0. The first-order valence-corrected chi connectivity index (χ1v) is 17.0. The molecule has 1 heterocycles. The summed E-state index contributed by atoms with van der Waals surface area (Å²) in [7, 11) is -3.39. The average Bonchev–Trinajstić information content (AvgIpc) is 3.10. The fourth-order valence-electron chi connectivity index (χ4n) is 11.1. The Kier molecular flexibility index (Phi) is 6.36. The average molecular weight is 535 g/mol. The molecule has 6 fully saturated rings. The van der Waals surface area contributed by atoms with Gasteiger partial charge in [0.25, 0.3) is 10.1 Å². The normalized spacial score (nSPS) is 48.3. The molecule has 1 unspecified atom stereocenters. The van der Waals surface area contributed by atoms with E-state index >= 15 is 0 Å². The number of rotatable bonds is 7. The van der Waals surface area contributed by atoms with Crippen molar-refractivity contribution < 1.29 is 22.1 Å². The van der Waals surface area contributed by atoms with Crippen LogP contribution in [0.25, 0.3) is 0 Å². The summed E-state index contributed by atoms with van der Waals surface area (Å²) in [4.78, 5) is 0. The van der Waals surface area contributed by atoms with Crippen LogP contribution in [0.15, 0.2) is 12.2 Å². The quantitative estimate of drug-likeness (QED) is 0.278. The molecule has 6 heteroatoms. The van der Waals surface area contributed by atoms with Crippen LogP contribution in [-0.4, -0.2) is 40.3 Å². The zero-order chi connectivity index (χ0) is 26.4. The molecular formula is C31H50O5S. The Morgan fingerprint density at radius 3 is 2.35 bits per heavy atom. The first-order valence-electron chi connectivity index (χ1n) is 15.2. The van der Waals surface area contributed by atoms with E-state index in [1.54, 1.807) is 0 Å². The number of ether oxygens (including phenoxy) is 2. The highest BCUT2D eigenvalue weighted by molar-refractivity contribution is 7.85. The molecule has 0 radical (unpaired) electrons. The van der Waals surface area contributed by atoms with Crippen molar-refractivity contribution in [1.29, 1.82) is 0 Å². The lowest BCUT2D eigenvalue weighted by Crippen LogP contribution is -2.62. The highest BCUT2D eigenvalue weighted by atomic mass is 32.2. The second-order valence-electron chi connectivity index (χ2n) is 14.7. The van der Waals surface area contributed by atoms with Crippen LogP contribution in [0.4, 0.5) is 0 Å². The van der Waals surface area contributed by atoms with Gasteiger partial charge in [0.05, 0.1) is 26.1 Å². The standard InChI is InChI=1S/C31H50O5S/c1-20(22(3)19-36-37(6,32)33)7-8-21(2)25-9-10-26-24-18-31(34-15-16-35-31)30-17-23(30)11-14-29(30,5)27(24)12-13-28(25,26)4/h7-8,20-27H,9-19H2,1-6H3/b8-7+/t20-,21-,22?,23-,24+,25-,26+,27+,28-,29-,30-/m1/s1. The summed E-state index contributed by atoms with van der Waals surface area (Å²) in [6.45, 7) is 13.7. The molecule has 2 spiro atoms. The fraction of sp³-hybridized carbons (Fsp3) is 0.935. The van der Waals surface area contributed by atoms with Crippen LogP contribution in [0, 0.1) is 63.6 Å². The predicted molar refractivity (Wildman–Crippen MR) is 145 cm³/mol. The van der Waals surface area contributed by atoms with Crippen molar-refractivity contribution in [2.24, 2.45) is 63.6 Å². The minimum Gasteiger partial charge on any atom is -0.347 e. The van der Waals surface area contributed by atoms with Gasteiger partial charge in [-0.2, -0.15) is 8.42 Å². The van der Waals surface area contributed by atoms with Gasteiger partial charge in [-0.25, -0.2) is 0 Å². The third kappa shape index (κ3) is 3.81. The van der Waals surface area contributed by atoms with Crippen molar-refractivity contribution in [3.05, 3.63) is 12.2 Å². The van der Waals surface area contributed by atoms with Gasteiger partial charge in [-0.05, 0) is 103 Å². The van der Waals surface area contributed by atoms with Gasteiger partial charge >= 0.3 is 0 Å². The van der Waals surface area contributed by atoms with Gasteiger partial charge in [-0.1, -0.05) is 46.8 Å². The topological polar surface area (TPSA) is 61.8 Å². The minimum atomic E-state index is -3.39. The Morgan fingerprint density at radius 1 is 0.946 bits per heavy atom. The van der Waals surface area contributed by atoms with Crippen molar-refractivity contribution in [3.63, 3.8) is 0 Å². The number of allylic oxidation sites excluding steroid dienone is 2. The molecular weight excluding hydrogens is 484 g/mol. The van der Waals surface area contributed by atoms with Crippen LogP contribution in [-0.2, 0) is 23.8 Å². The maximum Gasteiger partial charge on any atom is 0.264 e. The van der Waals surface area contributed by atoms with Gasteiger partial charge < -0.3 is 9.47 Å². The van der Waals surface area contributed by atoms with E-state index in [9.17, 15) is 8.42 Å². The van der Waals surface area contributed by atoms with Crippen molar-refractivity contribution in [2.45, 2.75) is 91.8 Å². The van der Waals surface area contributed by atoms with Crippen LogP contribution in [0.1, 0.15) is 86.0 Å². The first-order chi connectivity index (χ1) is 17.4. The van der Waals surface area contributed by atoms with E-state index in [2.05, 4.69) is 46.8 Å². The van der Waals surface area contributed by atoms with Crippen LogP contribution in [0.3, 0.4) is 0 Å². The van der Waals surface area contributed by atoms with E-state index in [1.165, 1.54) is 44.9 Å². The summed E-state index contributed by atoms with van der Waals surface area (Å²) in [5.74, 6) is 4.52. The van der Waals surface area contributed by atoms with Gasteiger partial charge in [-0.15, -0.1) is 0 Å². The van der Waals surface area contributed by atoms with Gasteiger partial charge in [0.2, 0.25) is 0 Å². The number of fused-ring (bicyclic) bond motifs is 4. The summed E-state index contributed by atoms with van der Waals surface area (Å²) in [5.41, 5.74) is 1.06. The van der Waals surface area contributed by atoms with Gasteiger partial charge in [0.1, 0.15) is 0 Å². The van der Waals surface area contributed by atoms with Crippen LogP contribution < -0.4 is 0 Å². The zero-order valence-electron chi connectivity index (χ0n) is 24.0. The fourth-order valence-corrected chi connectivity index (χ4v) is 11.6. The molecule has 0 bridgehead atoms. The molecule has 0 aromatic heterocycles. The van der Waals surface area contributed by atoms with E-state index in [-0.39, 0.29) is 24.2 Å². The summed E-state index contributed by atoms with van der Waals surface area (Å²) < 4.78 is 41.2. The molecule has 37 heavy (non-hydrogen) atoms. The molecule has 210 valence electrons. The monoisotopic (exact) mass is 534 g/mol. The lowest BCUT2D eigenvalue weighted by molar-refractivity contribution is -0.294. The summed E-state index contributed by atoms with van der Waals surface area (Å²) in [6, 6.07) is 0. The highest BCUT2D eigenvalue weighted by Crippen LogP contribution is 2.85. The van der Waals surface area contributed by atoms with Crippen LogP contribution in [0.2, 0.25) is 0 Å². The third-order valence-electron chi connectivity index (χ3n) is 13.2. The molecule has 5 saturated carbocycles. The van der Waals surface area contributed by atoms with Crippen LogP contribution >= 0.6 is 0 Å². The molecule has 0 aromatic rings. The summed E-state index contributed by atoms with van der Waals surface area (Å²) >= 11 is 0. The maximum absolute atomic E-state index is 11.4. The molecule has 1 aliphatic heterocycles. The summed E-state index contributed by atoms with van der Waals surface area (Å²) in [6.07, 6.45) is 16.5. The van der Waals surface area contributed by atoms with Crippen LogP contribution in [0.5, 0.6) is 0 Å². The van der Waals surface area contributed by atoms with Crippen molar-refractivity contribution in [1.82, 2.24) is 0 Å². The highest BCUT2D eigenvalue weighted by Gasteiger charge is 2.83. The Hall–Kier alpha value is -0.430. The number of hydrogen-bond donors (Lipinski definition) is 0. The van der Waals surface area contributed by atoms with Crippen molar-refractivity contribution in [3.8, 4) is 0 Å². The molecule has 5 nitrogen and oxygen atoms in total. The lowest BCUT2D eigenvalue weighted by atomic mass is 9.44. The lowest BCUT2D eigenvalue weighted by Gasteiger charge is -2.63. The van der Waals surface area contributed by atoms with E-state index < -0.39 is 10.1 Å². The van der Waals surface area contributed by atoms with E-state index in [1.807, 2.05) is 0 Å². The third-order valence-corrected chi connectivity index (χ3v) is 13.8. The Balaban J connectivity index is 1.18. The Labute approximate surface area is 225 Å². The molecule has 0 aromatic carbocycles. The van der Waals surface area contributed by atoms with E-state index in [0.29, 0.717) is 28.1 Å². The molecule has 0 N–H and O–H groups in total. The Bertz CT molecular complexity index is 1030. The van der Waals surface area contributed by atoms with Crippen molar-refractivity contribution in [2.75, 3.05) is 26.1 Å². The zero-order valence-corrected chi connectivity index (χ0v) is 24.8. The first kappa shape index (κ1) is 26.8. The number of hydrogen-bond acceptors (Lipinski definition) is 5. The molecule has 6 rings (SSSR count). The largest absolute Gasteiger partial charge is 0.347 e. The van der Waals surface area contributed by atoms with Gasteiger partial charge in [-0.3, -0.25) is 4.18 Å². The van der Waals surface area contributed by atoms with E-state index in [0.717, 1.165) is 49.6 Å².